The van der Waals surface area contributed by atoms with E-state index in [9.17, 15) is 9.90 Å². The van der Waals surface area contributed by atoms with Gasteiger partial charge in [-0.2, -0.15) is 0 Å². The summed E-state index contributed by atoms with van der Waals surface area (Å²) in [7, 11) is 3.01. The van der Waals surface area contributed by atoms with Crippen LogP contribution in [0, 0.1) is 5.92 Å². The predicted molar refractivity (Wildman–Crippen MR) is 70.5 cm³/mol. The van der Waals surface area contributed by atoms with E-state index in [1.54, 1.807) is 18.2 Å². The molecule has 0 aliphatic carbocycles. The van der Waals surface area contributed by atoms with Gasteiger partial charge in [0, 0.05) is 6.07 Å². The average molecular weight is 268 g/mol. The van der Waals surface area contributed by atoms with E-state index in [4.69, 9.17) is 14.6 Å². The Labute approximate surface area is 112 Å². The summed E-state index contributed by atoms with van der Waals surface area (Å²) in [6.45, 7) is 1.88. The first-order chi connectivity index (χ1) is 9.03. The fourth-order valence-electron chi connectivity index (χ4n) is 1.96. The minimum absolute atomic E-state index is 0.413. The van der Waals surface area contributed by atoms with E-state index in [2.05, 4.69) is 0 Å². The fourth-order valence-corrected chi connectivity index (χ4v) is 1.96. The molecule has 2 N–H and O–H groups in total. The second-order valence-corrected chi connectivity index (χ2v) is 4.32. The lowest BCUT2D eigenvalue weighted by molar-refractivity contribution is -0.146. The van der Waals surface area contributed by atoms with Gasteiger partial charge in [0.2, 0.25) is 0 Å². The van der Waals surface area contributed by atoms with Crippen molar-refractivity contribution in [2.75, 3.05) is 14.2 Å². The van der Waals surface area contributed by atoms with E-state index in [0.717, 1.165) is 0 Å². The highest BCUT2D eigenvalue weighted by Crippen LogP contribution is 2.31. The number of aliphatic hydroxyl groups excluding tert-OH is 1. The highest BCUT2D eigenvalue weighted by atomic mass is 16.5. The SMILES string of the molecule is CCCC(C(=O)O)C(O)c1cc(OC)cc(OC)c1. The third-order valence-electron chi connectivity index (χ3n) is 3.01. The monoisotopic (exact) mass is 268 g/mol. The van der Waals surface area contributed by atoms with E-state index in [1.807, 2.05) is 6.92 Å². The van der Waals surface area contributed by atoms with Crippen LogP contribution < -0.4 is 9.47 Å². The molecule has 2 atom stereocenters. The number of aliphatic hydroxyl groups is 1. The number of carboxylic acids is 1. The minimum Gasteiger partial charge on any atom is -0.497 e. The number of ether oxygens (including phenoxy) is 2. The summed E-state index contributed by atoms with van der Waals surface area (Å²) < 4.78 is 10.2. The van der Waals surface area contributed by atoms with Crippen LogP contribution in [0.25, 0.3) is 0 Å². The number of rotatable bonds is 7. The van der Waals surface area contributed by atoms with Crippen molar-refractivity contribution in [2.24, 2.45) is 5.92 Å². The molecule has 0 aromatic heterocycles. The lowest BCUT2D eigenvalue weighted by Crippen LogP contribution is -2.22. The Hall–Kier alpha value is -1.75. The third kappa shape index (κ3) is 3.86. The van der Waals surface area contributed by atoms with Crippen LogP contribution in [0.4, 0.5) is 0 Å². The zero-order valence-electron chi connectivity index (χ0n) is 11.4. The van der Waals surface area contributed by atoms with Crippen LogP contribution >= 0.6 is 0 Å². The fraction of sp³-hybridized carbons (Fsp3) is 0.500. The molecule has 0 aliphatic heterocycles. The molecule has 0 spiro atoms. The van der Waals surface area contributed by atoms with Crippen LogP contribution in [0.15, 0.2) is 18.2 Å². The van der Waals surface area contributed by atoms with Gasteiger partial charge in [-0.05, 0) is 24.1 Å². The number of hydrogen-bond acceptors (Lipinski definition) is 4. The zero-order chi connectivity index (χ0) is 14.4. The molecular weight excluding hydrogens is 248 g/mol. The average Bonchev–Trinajstić information content (AvgIpc) is 2.42. The Kier molecular flexibility index (Phi) is 5.63. The Balaban J connectivity index is 3.08. The number of carbonyl (C=O) groups is 1. The first-order valence-corrected chi connectivity index (χ1v) is 6.17. The van der Waals surface area contributed by atoms with Crippen molar-refractivity contribution in [1.29, 1.82) is 0 Å². The summed E-state index contributed by atoms with van der Waals surface area (Å²) in [5.41, 5.74) is 0.483. The van der Waals surface area contributed by atoms with Gasteiger partial charge in [-0.25, -0.2) is 0 Å². The van der Waals surface area contributed by atoms with Crippen molar-refractivity contribution in [1.82, 2.24) is 0 Å². The molecule has 0 saturated heterocycles. The smallest absolute Gasteiger partial charge is 0.309 e. The van der Waals surface area contributed by atoms with Crippen LogP contribution in [0.1, 0.15) is 31.4 Å². The number of aliphatic carboxylic acids is 1. The zero-order valence-corrected chi connectivity index (χ0v) is 11.4. The molecule has 1 aromatic carbocycles. The molecule has 106 valence electrons. The van der Waals surface area contributed by atoms with Crippen LogP contribution in [0.2, 0.25) is 0 Å². The Morgan fingerprint density at radius 1 is 1.21 bits per heavy atom. The highest BCUT2D eigenvalue weighted by molar-refractivity contribution is 5.71. The van der Waals surface area contributed by atoms with Crippen molar-refractivity contribution in [2.45, 2.75) is 25.9 Å². The Bertz CT molecular complexity index is 408. The summed E-state index contributed by atoms with van der Waals surface area (Å²) in [6.07, 6.45) is 0.0203. The topological polar surface area (TPSA) is 76.0 Å². The molecule has 0 aliphatic rings. The van der Waals surface area contributed by atoms with Gasteiger partial charge in [0.15, 0.2) is 0 Å². The van der Waals surface area contributed by atoms with Crippen LogP contribution in [-0.4, -0.2) is 30.4 Å². The normalized spacial score (nSPS) is 13.7. The number of methoxy groups -OCH3 is 2. The van der Waals surface area contributed by atoms with Crippen molar-refractivity contribution in [3.8, 4) is 11.5 Å². The molecule has 0 saturated carbocycles. The van der Waals surface area contributed by atoms with Gasteiger partial charge in [-0.1, -0.05) is 13.3 Å². The standard InChI is InChI=1S/C14H20O5/c1-4-5-12(14(16)17)13(15)9-6-10(18-2)8-11(7-9)19-3/h6-8,12-13,15H,4-5H2,1-3H3,(H,16,17). The molecule has 1 rings (SSSR count). The number of carboxylic acid groups (broad SMARTS) is 1. The Morgan fingerprint density at radius 3 is 2.11 bits per heavy atom. The quantitative estimate of drug-likeness (QED) is 0.793. The van der Waals surface area contributed by atoms with Crippen molar-refractivity contribution in [3.63, 3.8) is 0 Å². The molecule has 1 aromatic rings. The van der Waals surface area contributed by atoms with Gasteiger partial charge < -0.3 is 19.7 Å². The minimum atomic E-state index is -1.08. The highest BCUT2D eigenvalue weighted by Gasteiger charge is 2.27. The summed E-state index contributed by atoms with van der Waals surface area (Å²) in [5.74, 6) is -0.791. The van der Waals surface area contributed by atoms with Crippen molar-refractivity contribution >= 4 is 5.97 Å². The molecule has 5 heteroatoms. The maximum absolute atomic E-state index is 11.2. The molecule has 2 unspecified atom stereocenters. The predicted octanol–water partition coefficient (Wildman–Crippen LogP) is 2.24. The van der Waals surface area contributed by atoms with Gasteiger partial charge in [-0.3, -0.25) is 4.79 Å². The second-order valence-electron chi connectivity index (χ2n) is 4.32. The summed E-state index contributed by atoms with van der Waals surface area (Å²) >= 11 is 0. The van der Waals surface area contributed by atoms with Gasteiger partial charge in [0.1, 0.15) is 11.5 Å². The van der Waals surface area contributed by atoms with E-state index >= 15 is 0 Å². The molecular formula is C14H20O5. The molecule has 19 heavy (non-hydrogen) atoms. The lowest BCUT2D eigenvalue weighted by Gasteiger charge is -2.20. The first-order valence-electron chi connectivity index (χ1n) is 6.17. The van der Waals surface area contributed by atoms with Crippen molar-refractivity contribution < 1.29 is 24.5 Å². The first kappa shape index (κ1) is 15.3. The van der Waals surface area contributed by atoms with Gasteiger partial charge >= 0.3 is 5.97 Å². The van der Waals surface area contributed by atoms with Crippen LogP contribution in [-0.2, 0) is 4.79 Å². The molecule has 0 radical (unpaired) electrons. The molecule has 0 fully saturated rings. The number of benzene rings is 1. The number of hydrogen-bond donors (Lipinski definition) is 2. The van der Waals surface area contributed by atoms with E-state index in [0.29, 0.717) is 29.9 Å². The van der Waals surface area contributed by atoms with Gasteiger partial charge in [0.25, 0.3) is 0 Å². The van der Waals surface area contributed by atoms with E-state index < -0.39 is 18.0 Å². The van der Waals surface area contributed by atoms with E-state index in [1.165, 1.54) is 14.2 Å². The molecule has 0 amide bonds. The molecule has 5 nitrogen and oxygen atoms in total. The van der Waals surface area contributed by atoms with Crippen LogP contribution in [0.5, 0.6) is 11.5 Å². The third-order valence-corrected chi connectivity index (χ3v) is 3.01. The lowest BCUT2D eigenvalue weighted by atomic mass is 9.91. The second kappa shape index (κ2) is 6.99. The summed E-state index contributed by atoms with van der Waals surface area (Å²) in [5, 5.41) is 19.4. The van der Waals surface area contributed by atoms with Crippen LogP contribution in [0.3, 0.4) is 0 Å². The Morgan fingerprint density at radius 2 is 1.74 bits per heavy atom. The largest absolute Gasteiger partial charge is 0.497 e. The molecule has 0 heterocycles. The maximum Gasteiger partial charge on any atom is 0.309 e. The summed E-state index contributed by atoms with van der Waals surface area (Å²) in [4.78, 5) is 11.2. The summed E-state index contributed by atoms with van der Waals surface area (Å²) in [6, 6.07) is 4.92. The van der Waals surface area contributed by atoms with E-state index in [-0.39, 0.29) is 0 Å². The van der Waals surface area contributed by atoms with Crippen molar-refractivity contribution in [3.05, 3.63) is 23.8 Å². The maximum atomic E-state index is 11.2. The van der Waals surface area contributed by atoms with Gasteiger partial charge in [0.05, 0.1) is 26.2 Å². The molecule has 0 bridgehead atoms. The van der Waals surface area contributed by atoms with Gasteiger partial charge in [-0.15, -0.1) is 0 Å².